The first-order chi connectivity index (χ1) is 6.93. The van der Waals surface area contributed by atoms with Crippen LogP contribution in [-0.2, 0) is 11.2 Å². The van der Waals surface area contributed by atoms with Gasteiger partial charge in [-0.1, -0.05) is 0 Å². The Morgan fingerprint density at radius 3 is 2.67 bits per heavy atom. The number of nitrogens with zero attached hydrogens (tertiary/aromatic N) is 1. The molecular weight excluding hydrogens is 276 g/mol. The predicted octanol–water partition coefficient (Wildman–Crippen LogP) is 2.11. The topological polar surface area (TPSA) is 70.4 Å². The number of aromatic hydroxyl groups is 1. The van der Waals surface area contributed by atoms with Crippen molar-refractivity contribution in [3.63, 3.8) is 0 Å². The van der Waals surface area contributed by atoms with Crippen LogP contribution in [0, 0.1) is 0 Å². The van der Waals surface area contributed by atoms with Gasteiger partial charge in [0.2, 0.25) is 0 Å². The van der Waals surface area contributed by atoms with Gasteiger partial charge in [0, 0.05) is 6.20 Å². The molecule has 82 valence electrons. The summed E-state index contributed by atoms with van der Waals surface area (Å²) in [5, 5.41) is 17.7. The number of aromatic nitrogens is 1. The minimum Gasteiger partial charge on any atom is -0.505 e. The molecule has 0 unspecified atom stereocenters. The third-order valence-corrected chi connectivity index (χ3v) is 2.27. The molecule has 0 aliphatic carbocycles. The van der Waals surface area contributed by atoms with Crippen LogP contribution in [0.15, 0.2) is 10.8 Å². The van der Waals surface area contributed by atoms with E-state index < -0.39 is 30.1 Å². The van der Waals surface area contributed by atoms with Crippen LogP contribution in [-0.4, -0.2) is 21.2 Å². The molecule has 1 aromatic heterocycles. The Labute approximate surface area is 91.7 Å². The van der Waals surface area contributed by atoms with E-state index in [4.69, 9.17) is 5.11 Å². The number of carbonyl (C=O) groups is 1. The zero-order valence-corrected chi connectivity index (χ0v) is 8.83. The highest BCUT2D eigenvalue weighted by molar-refractivity contribution is 9.10. The highest BCUT2D eigenvalue weighted by Gasteiger charge is 2.22. The average molecular weight is 282 g/mol. The van der Waals surface area contributed by atoms with Gasteiger partial charge in [0.1, 0.15) is 4.60 Å². The van der Waals surface area contributed by atoms with Crippen molar-refractivity contribution in [2.45, 2.75) is 12.8 Å². The molecule has 0 atom stereocenters. The average Bonchev–Trinajstić information content (AvgIpc) is 2.10. The van der Waals surface area contributed by atoms with Gasteiger partial charge in [-0.2, -0.15) is 0 Å². The summed E-state index contributed by atoms with van der Waals surface area (Å²) < 4.78 is 24.9. The molecular formula is C8H6BrF2NO3. The molecule has 0 aromatic carbocycles. The molecule has 0 saturated heterocycles. The van der Waals surface area contributed by atoms with Crippen LogP contribution in [0.5, 0.6) is 5.75 Å². The van der Waals surface area contributed by atoms with Crippen LogP contribution in [0.2, 0.25) is 0 Å². The van der Waals surface area contributed by atoms with Gasteiger partial charge < -0.3 is 10.2 Å². The summed E-state index contributed by atoms with van der Waals surface area (Å²) in [6, 6.07) is 0. The lowest BCUT2D eigenvalue weighted by Gasteiger charge is -2.09. The van der Waals surface area contributed by atoms with Gasteiger partial charge in [-0.15, -0.1) is 0 Å². The highest BCUT2D eigenvalue weighted by Crippen LogP contribution is 2.35. The van der Waals surface area contributed by atoms with Crippen LogP contribution in [0.1, 0.15) is 17.6 Å². The van der Waals surface area contributed by atoms with Gasteiger partial charge >= 0.3 is 5.97 Å². The Bertz CT molecular complexity index is 398. The van der Waals surface area contributed by atoms with Crippen LogP contribution in [0.4, 0.5) is 8.78 Å². The summed E-state index contributed by atoms with van der Waals surface area (Å²) in [7, 11) is 0. The molecule has 0 aliphatic rings. The molecule has 0 spiro atoms. The predicted molar refractivity (Wildman–Crippen MR) is 49.9 cm³/mol. The Morgan fingerprint density at radius 1 is 1.60 bits per heavy atom. The quantitative estimate of drug-likeness (QED) is 0.833. The fourth-order valence-electron chi connectivity index (χ4n) is 1.08. The number of rotatable bonds is 3. The SMILES string of the molecule is O=C(O)Cc1cnc(Br)c(O)c1C(F)F. The number of halogens is 3. The third kappa shape index (κ3) is 2.62. The van der Waals surface area contributed by atoms with Crippen molar-refractivity contribution in [3.05, 3.63) is 21.9 Å². The number of carboxylic acids is 1. The number of carboxylic acid groups (broad SMARTS) is 1. The first-order valence-electron chi connectivity index (χ1n) is 3.79. The second kappa shape index (κ2) is 4.52. The van der Waals surface area contributed by atoms with E-state index in [1.807, 2.05) is 0 Å². The number of pyridine rings is 1. The number of alkyl halides is 2. The van der Waals surface area contributed by atoms with E-state index in [-0.39, 0.29) is 10.2 Å². The van der Waals surface area contributed by atoms with Crippen molar-refractivity contribution >= 4 is 21.9 Å². The standard InChI is InChI=1S/C8H6BrF2NO3/c9-7-6(15)5(8(10)11)3(2-12-7)1-4(13)14/h2,8,15H,1H2,(H,13,14). The third-order valence-electron chi connectivity index (χ3n) is 1.69. The molecule has 1 rings (SSSR count). The molecule has 1 aromatic rings. The lowest BCUT2D eigenvalue weighted by Crippen LogP contribution is -2.05. The zero-order chi connectivity index (χ0) is 11.6. The summed E-state index contributed by atoms with van der Waals surface area (Å²) in [5.41, 5.74) is -0.891. The molecule has 0 saturated carbocycles. The molecule has 4 nitrogen and oxygen atoms in total. The van der Waals surface area contributed by atoms with E-state index >= 15 is 0 Å². The van der Waals surface area contributed by atoms with Gasteiger partial charge in [0.15, 0.2) is 5.75 Å². The lowest BCUT2D eigenvalue weighted by molar-refractivity contribution is -0.136. The van der Waals surface area contributed by atoms with Gasteiger partial charge in [-0.05, 0) is 21.5 Å². The van der Waals surface area contributed by atoms with Crippen molar-refractivity contribution in [2.24, 2.45) is 0 Å². The van der Waals surface area contributed by atoms with Gasteiger partial charge in [0.25, 0.3) is 6.43 Å². The maximum absolute atomic E-state index is 12.5. The van der Waals surface area contributed by atoms with E-state index in [2.05, 4.69) is 20.9 Å². The maximum atomic E-state index is 12.5. The largest absolute Gasteiger partial charge is 0.505 e. The summed E-state index contributed by atoms with van der Waals surface area (Å²) in [5.74, 6) is -1.98. The molecule has 1 heterocycles. The van der Waals surface area contributed by atoms with Crippen molar-refractivity contribution in [2.75, 3.05) is 0 Å². The number of hydrogen-bond acceptors (Lipinski definition) is 3. The minimum atomic E-state index is -2.95. The molecule has 7 heteroatoms. The van der Waals surface area contributed by atoms with E-state index in [1.54, 1.807) is 0 Å². The van der Waals surface area contributed by atoms with E-state index in [1.165, 1.54) is 0 Å². The van der Waals surface area contributed by atoms with E-state index in [9.17, 15) is 18.7 Å². The first kappa shape index (κ1) is 11.8. The second-order valence-corrected chi connectivity index (χ2v) is 3.46. The van der Waals surface area contributed by atoms with Crippen molar-refractivity contribution in [3.8, 4) is 5.75 Å². The zero-order valence-electron chi connectivity index (χ0n) is 7.25. The molecule has 0 aliphatic heterocycles. The van der Waals surface area contributed by atoms with Crippen molar-refractivity contribution < 1.29 is 23.8 Å². The fourth-order valence-corrected chi connectivity index (χ4v) is 1.39. The molecule has 2 N–H and O–H groups in total. The molecule has 0 radical (unpaired) electrons. The summed E-state index contributed by atoms with van der Waals surface area (Å²) in [6.45, 7) is 0. The Balaban J connectivity index is 3.26. The van der Waals surface area contributed by atoms with Crippen molar-refractivity contribution in [1.82, 2.24) is 4.98 Å². The van der Waals surface area contributed by atoms with E-state index in [0.717, 1.165) is 6.20 Å². The van der Waals surface area contributed by atoms with Crippen LogP contribution in [0.3, 0.4) is 0 Å². The van der Waals surface area contributed by atoms with Gasteiger partial charge in [-0.3, -0.25) is 4.79 Å². The summed E-state index contributed by atoms with van der Waals surface area (Å²) >= 11 is 2.77. The maximum Gasteiger partial charge on any atom is 0.307 e. The smallest absolute Gasteiger partial charge is 0.307 e. The minimum absolute atomic E-state index is 0.132. The molecule has 0 fully saturated rings. The monoisotopic (exact) mass is 281 g/mol. The van der Waals surface area contributed by atoms with Crippen LogP contribution >= 0.6 is 15.9 Å². The highest BCUT2D eigenvalue weighted by atomic mass is 79.9. The lowest BCUT2D eigenvalue weighted by atomic mass is 10.1. The fraction of sp³-hybridized carbons (Fsp3) is 0.250. The summed E-state index contributed by atoms with van der Waals surface area (Å²) in [6.07, 6.45) is -2.55. The molecule has 0 amide bonds. The van der Waals surface area contributed by atoms with Crippen LogP contribution in [0.25, 0.3) is 0 Å². The second-order valence-electron chi connectivity index (χ2n) is 2.71. The molecule has 15 heavy (non-hydrogen) atoms. The Morgan fingerprint density at radius 2 is 2.20 bits per heavy atom. The molecule has 0 bridgehead atoms. The normalized spacial score (nSPS) is 10.7. The Kier molecular flexibility index (Phi) is 3.57. The summed E-state index contributed by atoms with van der Waals surface area (Å²) in [4.78, 5) is 13.9. The Hall–Kier alpha value is -1.24. The van der Waals surface area contributed by atoms with Gasteiger partial charge in [0.05, 0.1) is 12.0 Å². The van der Waals surface area contributed by atoms with Gasteiger partial charge in [-0.25, -0.2) is 13.8 Å². The number of aliphatic carboxylic acids is 1. The first-order valence-corrected chi connectivity index (χ1v) is 4.59. The van der Waals surface area contributed by atoms with E-state index in [0.29, 0.717) is 0 Å². The number of hydrogen-bond donors (Lipinski definition) is 2. The van der Waals surface area contributed by atoms with Crippen LogP contribution < -0.4 is 0 Å². The van der Waals surface area contributed by atoms with Crippen molar-refractivity contribution in [1.29, 1.82) is 0 Å².